The van der Waals surface area contributed by atoms with E-state index in [4.69, 9.17) is 11.6 Å². The molecule has 4 heteroatoms. The Labute approximate surface area is 192 Å². The molecule has 1 saturated heterocycles. The van der Waals surface area contributed by atoms with E-state index in [1.54, 1.807) is 0 Å². The van der Waals surface area contributed by atoms with Gasteiger partial charge in [-0.2, -0.15) is 0 Å². The zero-order chi connectivity index (χ0) is 21.7. The van der Waals surface area contributed by atoms with Crippen molar-refractivity contribution < 1.29 is 5.11 Å². The van der Waals surface area contributed by atoms with Crippen LogP contribution in [0.1, 0.15) is 36.8 Å². The Morgan fingerprint density at radius 2 is 1.71 bits per heavy atom. The lowest BCUT2D eigenvalue weighted by Crippen LogP contribution is -2.51. The average molecular weight is 439 g/mol. The molecule has 1 heterocycles. The standard InChI is InChI=1S/C27H35ClN2O/c1-29-15-17-30(18-16-29)21-25-13-7-6-12-24(19-22-9-3-2-4-10-22)27(25,31)20-23-11-5-8-14-26(23)28/h2-5,8-11,14,19,25,31H,6-7,12-13,15-18,20-21H2,1H3. The first-order valence-corrected chi connectivity index (χ1v) is 12.1. The first-order chi connectivity index (χ1) is 15.0. The molecule has 2 atom stereocenters. The molecule has 4 rings (SSSR count). The Morgan fingerprint density at radius 3 is 2.45 bits per heavy atom. The molecule has 2 aromatic carbocycles. The fourth-order valence-electron chi connectivity index (χ4n) is 5.15. The highest BCUT2D eigenvalue weighted by Gasteiger charge is 2.42. The highest BCUT2D eigenvalue weighted by atomic mass is 35.5. The lowest BCUT2D eigenvalue weighted by Gasteiger charge is -2.42. The fourth-order valence-corrected chi connectivity index (χ4v) is 5.35. The summed E-state index contributed by atoms with van der Waals surface area (Å²) >= 11 is 6.56. The first kappa shape index (κ1) is 22.5. The maximum atomic E-state index is 12.4. The Balaban J connectivity index is 1.68. The molecule has 0 amide bonds. The quantitative estimate of drug-likeness (QED) is 0.655. The summed E-state index contributed by atoms with van der Waals surface area (Å²) in [5.74, 6) is 0.199. The lowest BCUT2D eigenvalue weighted by atomic mass is 9.74. The van der Waals surface area contributed by atoms with Crippen molar-refractivity contribution in [3.63, 3.8) is 0 Å². The van der Waals surface area contributed by atoms with Gasteiger partial charge in [0, 0.05) is 50.1 Å². The molecule has 0 spiro atoms. The van der Waals surface area contributed by atoms with E-state index in [9.17, 15) is 5.11 Å². The minimum Gasteiger partial charge on any atom is -0.385 e. The van der Waals surface area contributed by atoms with Crippen molar-refractivity contribution in [2.75, 3.05) is 39.8 Å². The molecular formula is C27H35ClN2O. The van der Waals surface area contributed by atoms with Gasteiger partial charge in [-0.3, -0.25) is 0 Å². The van der Waals surface area contributed by atoms with Crippen LogP contribution in [0.4, 0.5) is 0 Å². The van der Waals surface area contributed by atoms with E-state index in [0.717, 1.165) is 80.1 Å². The molecule has 2 aromatic rings. The van der Waals surface area contributed by atoms with Crippen LogP contribution in [0.2, 0.25) is 5.02 Å². The second kappa shape index (κ2) is 10.3. The Morgan fingerprint density at radius 1 is 1.00 bits per heavy atom. The maximum Gasteiger partial charge on any atom is 0.0940 e. The number of piperazine rings is 1. The summed E-state index contributed by atoms with van der Waals surface area (Å²) < 4.78 is 0. The van der Waals surface area contributed by atoms with Crippen LogP contribution >= 0.6 is 11.6 Å². The van der Waals surface area contributed by atoms with Gasteiger partial charge in [-0.1, -0.05) is 72.6 Å². The molecule has 2 fully saturated rings. The number of rotatable bonds is 5. The molecule has 166 valence electrons. The van der Waals surface area contributed by atoms with E-state index in [1.165, 1.54) is 0 Å². The van der Waals surface area contributed by atoms with Crippen molar-refractivity contribution in [2.24, 2.45) is 5.92 Å². The van der Waals surface area contributed by atoms with Crippen LogP contribution in [0.25, 0.3) is 6.08 Å². The van der Waals surface area contributed by atoms with Crippen LogP contribution < -0.4 is 0 Å². The van der Waals surface area contributed by atoms with E-state index in [2.05, 4.69) is 53.3 Å². The van der Waals surface area contributed by atoms with Crippen molar-refractivity contribution in [1.29, 1.82) is 0 Å². The molecule has 3 nitrogen and oxygen atoms in total. The van der Waals surface area contributed by atoms with E-state index in [0.29, 0.717) is 6.42 Å². The molecule has 0 radical (unpaired) electrons. The van der Waals surface area contributed by atoms with Gasteiger partial charge in [-0.15, -0.1) is 0 Å². The van der Waals surface area contributed by atoms with Crippen LogP contribution in [0.3, 0.4) is 0 Å². The van der Waals surface area contributed by atoms with E-state index < -0.39 is 5.60 Å². The monoisotopic (exact) mass is 438 g/mol. The van der Waals surface area contributed by atoms with Gasteiger partial charge in [0.2, 0.25) is 0 Å². The molecule has 1 aliphatic carbocycles. The Hall–Kier alpha value is -1.65. The highest BCUT2D eigenvalue weighted by molar-refractivity contribution is 6.31. The van der Waals surface area contributed by atoms with Crippen LogP contribution in [0.15, 0.2) is 60.2 Å². The Kier molecular flexibility index (Phi) is 7.50. The van der Waals surface area contributed by atoms with Gasteiger partial charge in [0.05, 0.1) is 5.60 Å². The Bertz CT molecular complexity index is 876. The van der Waals surface area contributed by atoms with Gasteiger partial charge in [-0.05, 0) is 49.1 Å². The number of likely N-dealkylation sites (N-methyl/N-ethyl adjacent to an activating group) is 1. The smallest absolute Gasteiger partial charge is 0.0940 e. The van der Waals surface area contributed by atoms with Crippen LogP contribution in [0.5, 0.6) is 0 Å². The maximum absolute atomic E-state index is 12.4. The van der Waals surface area contributed by atoms with Crippen molar-refractivity contribution >= 4 is 17.7 Å². The van der Waals surface area contributed by atoms with Crippen molar-refractivity contribution in [3.05, 3.63) is 76.3 Å². The molecule has 31 heavy (non-hydrogen) atoms. The normalized spacial score (nSPS) is 27.3. The third-order valence-corrected chi connectivity index (χ3v) is 7.48. The topological polar surface area (TPSA) is 26.7 Å². The minimum atomic E-state index is -0.888. The van der Waals surface area contributed by atoms with Gasteiger partial charge in [0.1, 0.15) is 0 Å². The van der Waals surface area contributed by atoms with E-state index >= 15 is 0 Å². The average Bonchev–Trinajstić information content (AvgIpc) is 2.92. The van der Waals surface area contributed by atoms with Gasteiger partial charge in [-0.25, -0.2) is 0 Å². The number of hydrogen-bond donors (Lipinski definition) is 1. The largest absolute Gasteiger partial charge is 0.385 e. The summed E-state index contributed by atoms with van der Waals surface area (Å²) in [5, 5.41) is 13.2. The van der Waals surface area contributed by atoms with Gasteiger partial charge in [0.25, 0.3) is 0 Å². The summed E-state index contributed by atoms with van der Waals surface area (Å²) in [4.78, 5) is 4.94. The summed E-state index contributed by atoms with van der Waals surface area (Å²) in [5.41, 5.74) is 2.47. The fraction of sp³-hybridized carbons (Fsp3) is 0.481. The molecule has 1 aliphatic heterocycles. The van der Waals surface area contributed by atoms with Gasteiger partial charge in [0.15, 0.2) is 0 Å². The van der Waals surface area contributed by atoms with Gasteiger partial charge >= 0.3 is 0 Å². The molecule has 0 aromatic heterocycles. The highest BCUT2D eigenvalue weighted by Crippen LogP contribution is 2.41. The van der Waals surface area contributed by atoms with Gasteiger partial charge < -0.3 is 14.9 Å². The lowest BCUT2D eigenvalue weighted by molar-refractivity contribution is -0.00642. The first-order valence-electron chi connectivity index (χ1n) is 11.7. The van der Waals surface area contributed by atoms with Crippen LogP contribution in [0, 0.1) is 5.92 Å². The van der Waals surface area contributed by atoms with Crippen molar-refractivity contribution in [2.45, 2.75) is 37.7 Å². The number of benzene rings is 2. The predicted molar refractivity (Wildman–Crippen MR) is 130 cm³/mol. The summed E-state index contributed by atoms with van der Waals surface area (Å²) in [6.07, 6.45) is 7.09. The zero-order valence-corrected chi connectivity index (χ0v) is 19.4. The van der Waals surface area contributed by atoms with Crippen molar-refractivity contribution in [3.8, 4) is 0 Å². The predicted octanol–water partition coefficient (Wildman–Crippen LogP) is 5.13. The zero-order valence-electron chi connectivity index (χ0n) is 18.6. The molecule has 1 saturated carbocycles. The number of nitrogens with zero attached hydrogens (tertiary/aromatic N) is 2. The molecule has 0 bridgehead atoms. The molecule has 2 aliphatic rings. The number of aliphatic hydroxyl groups is 1. The number of hydrogen-bond acceptors (Lipinski definition) is 3. The third-order valence-electron chi connectivity index (χ3n) is 7.11. The van der Waals surface area contributed by atoms with E-state index in [1.807, 2.05) is 24.3 Å². The second-order valence-electron chi connectivity index (χ2n) is 9.32. The molecule has 1 N–H and O–H groups in total. The molecule has 2 unspecified atom stereocenters. The van der Waals surface area contributed by atoms with E-state index in [-0.39, 0.29) is 5.92 Å². The molecular weight excluding hydrogens is 404 g/mol. The third kappa shape index (κ3) is 5.59. The summed E-state index contributed by atoms with van der Waals surface area (Å²) in [7, 11) is 2.19. The second-order valence-corrected chi connectivity index (χ2v) is 9.73. The SMILES string of the molecule is CN1CCN(CC2CCCCC(=Cc3ccccc3)C2(O)Cc2ccccc2Cl)CC1. The van der Waals surface area contributed by atoms with Crippen LogP contribution in [-0.2, 0) is 6.42 Å². The van der Waals surface area contributed by atoms with Crippen molar-refractivity contribution in [1.82, 2.24) is 9.80 Å². The summed E-state index contributed by atoms with van der Waals surface area (Å²) in [6.45, 7) is 5.30. The van der Waals surface area contributed by atoms with Crippen LogP contribution in [-0.4, -0.2) is 60.3 Å². The minimum absolute atomic E-state index is 0.199. The summed E-state index contributed by atoms with van der Waals surface area (Å²) in [6, 6.07) is 18.4. The number of halogens is 1.